The predicted molar refractivity (Wildman–Crippen MR) is 112 cm³/mol. The van der Waals surface area contributed by atoms with Crippen molar-refractivity contribution in [1.82, 2.24) is 5.32 Å². The molecule has 0 aromatic heterocycles. The maximum atomic E-state index is 12.0. The van der Waals surface area contributed by atoms with Gasteiger partial charge in [-0.05, 0) is 54.6 Å². The van der Waals surface area contributed by atoms with E-state index in [9.17, 15) is 4.79 Å². The van der Waals surface area contributed by atoms with E-state index in [4.69, 9.17) is 28.6 Å². The number of benzene rings is 2. The summed E-state index contributed by atoms with van der Waals surface area (Å²) < 4.78 is 5.58. The van der Waals surface area contributed by atoms with E-state index < -0.39 is 0 Å². The summed E-state index contributed by atoms with van der Waals surface area (Å²) in [5.41, 5.74) is 2.40. The van der Waals surface area contributed by atoms with Gasteiger partial charge in [0.25, 0.3) is 0 Å². The molecular weight excluding hydrogens is 368 g/mol. The molecule has 134 valence electrons. The van der Waals surface area contributed by atoms with E-state index in [1.54, 1.807) is 18.2 Å². The highest BCUT2D eigenvalue weighted by Crippen LogP contribution is 2.18. The Balaban J connectivity index is 1.90. The largest absolute Gasteiger partial charge is 0.489 e. The molecule has 1 amide bonds. The zero-order chi connectivity index (χ0) is 18.9. The van der Waals surface area contributed by atoms with Gasteiger partial charge in [0.2, 0.25) is 5.91 Å². The summed E-state index contributed by atoms with van der Waals surface area (Å²) in [6.45, 7) is 6.13. The van der Waals surface area contributed by atoms with Gasteiger partial charge in [0.05, 0.1) is 0 Å². The van der Waals surface area contributed by atoms with Crippen LogP contribution in [-0.4, -0.2) is 17.6 Å². The van der Waals surface area contributed by atoms with E-state index in [2.05, 4.69) is 17.2 Å². The number of carbonyl (C=O) groups is 1. The van der Waals surface area contributed by atoms with Crippen LogP contribution in [0.2, 0.25) is 5.02 Å². The van der Waals surface area contributed by atoms with Gasteiger partial charge >= 0.3 is 0 Å². The van der Waals surface area contributed by atoms with E-state index in [1.165, 1.54) is 6.08 Å². The Labute approximate surface area is 163 Å². The van der Waals surface area contributed by atoms with Crippen molar-refractivity contribution in [3.63, 3.8) is 0 Å². The monoisotopic (exact) mass is 386 g/mol. The van der Waals surface area contributed by atoms with Crippen molar-refractivity contribution in [3.05, 3.63) is 77.3 Å². The average molecular weight is 387 g/mol. The molecule has 2 aromatic carbocycles. The molecule has 0 bridgehead atoms. The zero-order valence-electron chi connectivity index (χ0n) is 14.3. The fourth-order valence-electron chi connectivity index (χ4n) is 1.96. The lowest BCUT2D eigenvalue weighted by molar-refractivity contribution is -0.115. The SMILES string of the molecule is C=C(C)COc1cccc(NC(=S)NC(=O)/C=C/c2ccccc2Cl)c1. The molecule has 0 aliphatic carbocycles. The Morgan fingerprint density at radius 3 is 2.77 bits per heavy atom. The normalized spacial score (nSPS) is 10.4. The number of hydrogen-bond donors (Lipinski definition) is 2. The van der Waals surface area contributed by atoms with Crippen LogP contribution >= 0.6 is 23.8 Å². The molecule has 4 nitrogen and oxygen atoms in total. The van der Waals surface area contributed by atoms with Gasteiger partial charge in [-0.15, -0.1) is 0 Å². The summed E-state index contributed by atoms with van der Waals surface area (Å²) in [6.07, 6.45) is 3.01. The Kier molecular flexibility index (Phi) is 7.38. The molecule has 2 aromatic rings. The van der Waals surface area contributed by atoms with Crippen LogP contribution in [0.15, 0.2) is 66.8 Å². The lowest BCUT2D eigenvalue weighted by Crippen LogP contribution is -2.32. The number of halogens is 1. The first-order chi connectivity index (χ1) is 12.4. The Hall–Kier alpha value is -2.63. The van der Waals surface area contributed by atoms with Crippen LogP contribution in [0.4, 0.5) is 5.69 Å². The van der Waals surface area contributed by atoms with Gasteiger partial charge in [-0.2, -0.15) is 0 Å². The van der Waals surface area contributed by atoms with Crippen LogP contribution in [0.5, 0.6) is 5.75 Å². The fraction of sp³-hybridized carbons (Fsp3) is 0.100. The summed E-state index contributed by atoms with van der Waals surface area (Å²) >= 11 is 11.2. The maximum Gasteiger partial charge on any atom is 0.250 e. The highest BCUT2D eigenvalue weighted by molar-refractivity contribution is 7.80. The van der Waals surface area contributed by atoms with Crippen molar-refractivity contribution in [2.45, 2.75) is 6.92 Å². The predicted octanol–water partition coefficient (Wildman–Crippen LogP) is 4.82. The quantitative estimate of drug-likeness (QED) is 0.424. The number of carbonyl (C=O) groups excluding carboxylic acids is 1. The van der Waals surface area contributed by atoms with E-state index in [-0.39, 0.29) is 11.0 Å². The number of rotatable bonds is 6. The molecule has 0 heterocycles. The Morgan fingerprint density at radius 2 is 2.04 bits per heavy atom. The third kappa shape index (κ3) is 6.70. The lowest BCUT2D eigenvalue weighted by Gasteiger charge is -2.10. The first-order valence-corrected chi connectivity index (χ1v) is 8.64. The molecule has 0 aliphatic rings. The second-order valence-electron chi connectivity index (χ2n) is 5.57. The third-order valence-electron chi connectivity index (χ3n) is 3.13. The van der Waals surface area contributed by atoms with Crippen molar-refractivity contribution in [2.24, 2.45) is 0 Å². The molecule has 2 rings (SSSR count). The van der Waals surface area contributed by atoms with Gasteiger partial charge in [0, 0.05) is 22.9 Å². The molecule has 2 N–H and O–H groups in total. The van der Waals surface area contributed by atoms with Gasteiger partial charge in [-0.25, -0.2) is 0 Å². The Bertz CT molecular complexity index is 849. The van der Waals surface area contributed by atoms with Gasteiger partial charge in [0.1, 0.15) is 12.4 Å². The summed E-state index contributed by atoms with van der Waals surface area (Å²) in [5.74, 6) is 0.336. The third-order valence-corrected chi connectivity index (χ3v) is 3.68. The van der Waals surface area contributed by atoms with Gasteiger partial charge in [-0.1, -0.05) is 42.4 Å². The van der Waals surface area contributed by atoms with Gasteiger partial charge in [-0.3, -0.25) is 10.1 Å². The second-order valence-corrected chi connectivity index (χ2v) is 6.39. The molecule has 0 radical (unpaired) electrons. The van der Waals surface area contributed by atoms with Gasteiger partial charge in [0.15, 0.2) is 5.11 Å². The van der Waals surface area contributed by atoms with E-state index >= 15 is 0 Å². The molecule has 0 spiro atoms. The molecule has 6 heteroatoms. The highest BCUT2D eigenvalue weighted by atomic mass is 35.5. The number of amides is 1. The van der Waals surface area contributed by atoms with Crippen molar-refractivity contribution in [1.29, 1.82) is 0 Å². The Morgan fingerprint density at radius 1 is 1.27 bits per heavy atom. The van der Waals surface area contributed by atoms with Crippen LogP contribution in [-0.2, 0) is 4.79 Å². The molecule has 0 unspecified atom stereocenters. The zero-order valence-corrected chi connectivity index (χ0v) is 15.9. The first-order valence-electron chi connectivity index (χ1n) is 7.86. The fourth-order valence-corrected chi connectivity index (χ4v) is 2.38. The molecule has 0 saturated carbocycles. The summed E-state index contributed by atoms with van der Waals surface area (Å²) in [5, 5.41) is 6.30. The van der Waals surface area contributed by atoms with E-state index in [0.29, 0.717) is 23.1 Å². The number of thiocarbonyl (C=S) groups is 1. The standard InChI is InChI=1S/C20H19ClN2O2S/c1-14(2)13-25-17-8-5-7-16(12-17)22-20(26)23-19(24)11-10-15-6-3-4-9-18(15)21/h3-12H,1,13H2,2H3,(H2,22,23,24,26)/b11-10+. The van der Waals surface area contributed by atoms with Gasteiger partial charge < -0.3 is 10.1 Å². The van der Waals surface area contributed by atoms with E-state index in [1.807, 2.05) is 43.3 Å². The second kappa shape index (κ2) is 9.75. The number of hydrogen-bond acceptors (Lipinski definition) is 3. The van der Waals surface area contributed by atoms with E-state index in [0.717, 1.165) is 11.1 Å². The van der Waals surface area contributed by atoms with Crippen molar-refractivity contribution < 1.29 is 9.53 Å². The minimum Gasteiger partial charge on any atom is -0.489 e. The summed E-state index contributed by atoms with van der Waals surface area (Å²) in [6, 6.07) is 14.5. The molecule has 0 saturated heterocycles. The van der Waals surface area contributed by atoms with Crippen molar-refractivity contribution in [3.8, 4) is 5.75 Å². The van der Waals surface area contributed by atoms with Crippen LogP contribution in [0.1, 0.15) is 12.5 Å². The minimum absolute atomic E-state index is 0.191. The van der Waals surface area contributed by atoms with Crippen molar-refractivity contribution >= 4 is 46.6 Å². The summed E-state index contributed by atoms with van der Waals surface area (Å²) in [7, 11) is 0. The molecule has 26 heavy (non-hydrogen) atoms. The van der Waals surface area contributed by atoms with Crippen LogP contribution < -0.4 is 15.4 Å². The van der Waals surface area contributed by atoms with Crippen LogP contribution in [0.3, 0.4) is 0 Å². The van der Waals surface area contributed by atoms with Crippen LogP contribution in [0.25, 0.3) is 6.08 Å². The topological polar surface area (TPSA) is 50.4 Å². The number of anilines is 1. The number of ether oxygens (including phenoxy) is 1. The van der Waals surface area contributed by atoms with Crippen molar-refractivity contribution in [2.75, 3.05) is 11.9 Å². The molecular formula is C20H19ClN2O2S. The smallest absolute Gasteiger partial charge is 0.250 e. The van der Waals surface area contributed by atoms with Crippen LogP contribution in [0, 0.1) is 0 Å². The molecule has 0 atom stereocenters. The summed E-state index contributed by atoms with van der Waals surface area (Å²) in [4.78, 5) is 12.0. The molecule has 0 fully saturated rings. The average Bonchev–Trinajstić information content (AvgIpc) is 2.59. The minimum atomic E-state index is -0.350. The maximum absolute atomic E-state index is 12.0. The highest BCUT2D eigenvalue weighted by Gasteiger charge is 2.03. The number of nitrogens with one attached hydrogen (secondary N) is 2. The molecule has 0 aliphatic heterocycles. The first kappa shape index (κ1) is 19.7. The lowest BCUT2D eigenvalue weighted by atomic mass is 10.2.